The first-order chi connectivity index (χ1) is 9.04. The van der Waals surface area contributed by atoms with Gasteiger partial charge in [0.25, 0.3) is 21.4 Å². The lowest BCUT2D eigenvalue weighted by Crippen LogP contribution is -2.31. The topological polar surface area (TPSA) is 54.5 Å². The van der Waals surface area contributed by atoms with E-state index in [1.807, 2.05) is 0 Å². The number of aryl methyl sites for hydroxylation is 1. The Labute approximate surface area is 124 Å². The van der Waals surface area contributed by atoms with Gasteiger partial charge in [0.05, 0.1) is 11.6 Å². The van der Waals surface area contributed by atoms with Crippen molar-refractivity contribution in [3.8, 4) is 0 Å². The minimum Gasteiger partial charge on any atom is -0.336 e. The predicted molar refractivity (Wildman–Crippen MR) is 72.2 cm³/mol. The summed E-state index contributed by atoms with van der Waals surface area (Å²) in [5.74, 6) is -0.744. The number of benzene rings is 1. The van der Waals surface area contributed by atoms with Gasteiger partial charge in [-0.25, -0.2) is 17.2 Å². The van der Waals surface area contributed by atoms with E-state index in [0.717, 1.165) is 11.0 Å². The van der Waals surface area contributed by atoms with Crippen LogP contribution in [0.3, 0.4) is 0 Å². The molecule has 0 aromatic heterocycles. The number of hydrogen-bond donors (Lipinski definition) is 0. The Morgan fingerprint density at radius 2 is 1.95 bits per heavy atom. The lowest BCUT2D eigenvalue weighted by atomic mass is 10.1. The zero-order valence-electron chi connectivity index (χ0n) is 10.5. The summed E-state index contributed by atoms with van der Waals surface area (Å²) in [6.45, 7) is 0.723. The second-order valence-corrected chi connectivity index (χ2v) is 7.03. The molecule has 0 spiro atoms. The highest BCUT2D eigenvalue weighted by Crippen LogP contribution is 2.29. The molecule has 20 heavy (non-hydrogen) atoms. The summed E-state index contributed by atoms with van der Waals surface area (Å²) in [4.78, 5) is 12.3. The maximum absolute atomic E-state index is 12.2. The number of halogens is 4. The Morgan fingerprint density at radius 1 is 1.40 bits per heavy atom. The lowest BCUT2D eigenvalue weighted by Gasteiger charge is -2.17. The van der Waals surface area contributed by atoms with Crippen LogP contribution in [0.4, 0.5) is 8.78 Å². The molecule has 112 valence electrons. The van der Waals surface area contributed by atoms with Crippen LogP contribution < -0.4 is 0 Å². The molecule has 4 nitrogen and oxygen atoms in total. The van der Waals surface area contributed by atoms with Gasteiger partial charge in [-0.3, -0.25) is 4.79 Å². The molecule has 0 bridgehead atoms. The number of alkyl halides is 2. The summed E-state index contributed by atoms with van der Waals surface area (Å²) in [5.41, 5.74) is 0.233. The molecule has 0 aliphatic heterocycles. The van der Waals surface area contributed by atoms with Crippen LogP contribution >= 0.6 is 22.3 Å². The van der Waals surface area contributed by atoms with Crippen molar-refractivity contribution in [3.63, 3.8) is 0 Å². The standard InChI is InChI=1S/C11H11Cl2F2NO3S/c1-6-3-7(11(17)16(2)5-9(14)15)4-8(10(6)12)20(13,18)19/h3-4,9H,5H2,1-2H3. The molecular formula is C11H11Cl2F2NO3S. The van der Waals surface area contributed by atoms with Crippen molar-refractivity contribution in [3.05, 3.63) is 28.3 Å². The van der Waals surface area contributed by atoms with E-state index in [4.69, 9.17) is 22.3 Å². The van der Waals surface area contributed by atoms with Gasteiger partial charge in [0.1, 0.15) is 4.90 Å². The van der Waals surface area contributed by atoms with Crippen molar-refractivity contribution in [1.82, 2.24) is 4.90 Å². The predicted octanol–water partition coefficient (Wildman–Crippen LogP) is 2.91. The van der Waals surface area contributed by atoms with Gasteiger partial charge in [-0.1, -0.05) is 11.6 Å². The van der Waals surface area contributed by atoms with Crippen LogP contribution in [0.1, 0.15) is 15.9 Å². The molecule has 1 aromatic carbocycles. The van der Waals surface area contributed by atoms with Crippen molar-refractivity contribution in [2.24, 2.45) is 0 Å². The molecule has 9 heteroatoms. The summed E-state index contributed by atoms with van der Waals surface area (Å²) >= 11 is 5.81. The lowest BCUT2D eigenvalue weighted by molar-refractivity contribution is 0.0620. The van der Waals surface area contributed by atoms with Crippen LogP contribution in [0.15, 0.2) is 17.0 Å². The van der Waals surface area contributed by atoms with E-state index >= 15 is 0 Å². The molecule has 0 saturated heterocycles. The van der Waals surface area contributed by atoms with Gasteiger partial charge in [0.15, 0.2) is 0 Å². The second kappa shape index (κ2) is 6.24. The Morgan fingerprint density at radius 3 is 2.40 bits per heavy atom. The highest BCUT2D eigenvalue weighted by molar-refractivity contribution is 8.13. The Bertz CT molecular complexity index is 635. The number of carbonyl (C=O) groups excluding carboxylic acids is 1. The fourth-order valence-electron chi connectivity index (χ4n) is 1.55. The van der Waals surface area contributed by atoms with Gasteiger partial charge in [0, 0.05) is 23.3 Å². The first kappa shape index (κ1) is 17.1. The summed E-state index contributed by atoms with van der Waals surface area (Å²) in [7, 11) is 2.27. The molecule has 0 saturated carbocycles. The zero-order valence-corrected chi connectivity index (χ0v) is 12.9. The minimum atomic E-state index is -4.14. The van der Waals surface area contributed by atoms with Gasteiger partial charge >= 0.3 is 0 Å². The zero-order chi connectivity index (χ0) is 15.7. The number of carbonyl (C=O) groups is 1. The van der Waals surface area contributed by atoms with Crippen molar-refractivity contribution in [2.45, 2.75) is 18.2 Å². The molecule has 0 N–H and O–H groups in total. The van der Waals surface area contributed by atoms with Gasteiger partial charge in [-0.2, -0.15) is 0 Å². The minimum absolute atomic E-state index is 0.0747. The average Bonchev–Trinajstić information content (AvgIpc) is 2.29. The van der Waals surface area contributed by atoms with E-state index in [1.54, 1.807) is 0 Å². The SMILES string of the molecule is Cc1cc(C(=O)N(C)CC(F)F)cc(S(=O)(=O)Cl)c1Cl. The first-order valence-corrected chi connectivity index (χ1v) is 8.01. The smallest absolute Gasteiger partial charge is 0.262 e. The summed E-state index contributed by atoms with van der Waals surface area (Å²) in [6, 6.07) is 2.29. The van der Waals surface area contributed by atoms with E-state index in [9.17, 15) is 22.0 Å². The highest BCUT2D eigenvalue weighted by Gasteiger charge is 2.22. The van der Waals surface area contributed by atoms with Gasteiger partial charge in [-0.15, -0.1) is 0 Å². The highest BCUT2D eigenvalue weighted by atomic mass is 35.7. The molecule has 0 aliphatic rings. The summed E-state index contributed by atoms with van der Waals surface area (Å²) in [6.07, 6.45) is -2.69. The fraction of sp³-hybridized carbons (Fsp3) is 0.364. The molecule has 0 atom stereocenters. The van der Waals surface area contributed by atoms with E-state index in [-0.39, 0.29) is 10.6 Å². The van der Waals surface area contributed by atoms with E-state index in [0.29, 0.717) is 5.56 Å². The average molecular weight is 346 g/mol. The molecule has 1 amide bonds. The van der Waals surface area contributed by atoms with Crippen LogP contribution in [-0.2, 0) is 9.05 Å². The van der Waals surface area contributed by atoms with Crippen molar-refractivity contribution < 1.29 is 22.0 Å². The normalized spacial score (nSPS) is 11.8. The Hall–Kier alpha value is -0.920. The molecule has 0 fully saturated rings. The maximum Gasteiger partial charge on any atom is 0.262 e. The van der Waals surface area contributed by atoms with Crippen LogP contribution in [0.5, 0.6) is 0 Å². The summed E-state index contributed by atoms with van der Waals surface area (Å²) < 4.78 is 47.2. The van der Waals surface area contributed by atoms with Crippen LogP contribution in [0.25, 0.3) is 0 Å². The number of hydrogen-bond acceptors (Lipinski definition) is 3. The van der Waals surface area contributed by atoms with E-state index < -0.39 is 32.8 Å². The Balaban J connectivity index is 3.28. The number of amides is 1. The molecular weight excluding hydrogens is 335 g/mol. The fourth-order valence-corrected chi connectivity index (χ4v) is 3.09. The Kier molecular flexibility index (Phi) is 5.34. The maximum atomic E-state index is 12.2. The van der Waals surface area contributed by atoms with Crippen LogP contribution in [0.2, 0.25) is 5.02 Å². The number of nitrogens with zero attached hydrogens (tertiary/aromatic N) is 1. The van der Waals surface area contributed by atoms with Gasteiger partial charge in [0.2, 0.25) is 0 Å². The quantitative estimate of drug-likeness (QED) is 0.788. The molecule has 0 radical (unpaired) electrons. The summed E-state index contributed by atoms with van der Waals surface area (Å²) in [5, 5.41) is -0.104. The van der Waals surface area contributed by atoms with Crippen LogP contribution in [-0.4, -0.2) is 39.2 Å². The third kappa shape index (κ3) is 4.04. The molecule has 0 heterocycles. The van der Waals surface area contributed by atoms with Crippen molar-refractivity contribution >= 4 is 37.2 Å². The van der Waals surface area contributed by atoms with E-state index in [1.165, 1.54) is 20.0 Å². The van der Waals surface area contributed by atoms with Gasteiger partial charge < -0.3 is 4.90 Å². The number of rotatable bonds is 4. The largest absolute Gasteiger partial charge is 0.336 e. The second-order valence-electron chi connectivity index (χ2n) is 4.12. The molecule has 0 unspecified atom stereocenters. The first-order valence-electron chi connectivity index (χ1n) is 5.32. The molecule has 0 aliphatic carbocycles. The third-order valence-electron chi connectivity index (χ3n) is 2.49. The van der Waals surface area contributed by atoms with Crippen LogP contribution in [0, 0.1) is 6.92 Å². The molecule has 1 aromatic rings. The van der Waals surface area contributed by atoms with Crippen molar-refractivity contribution in [1.29, 1.82) is 0 Å². The molecule has 1 rings (SSSR count). The van der Waals surface area contributed by atoms with Crippen molar-refractivity contribution in [2.75, 3.05) is 13.6 Å². The monoisotopic (exact) mass is 345 g/mol. The third-order valence-corrected chi connectivity index (χ3v) is 4.45. The van der Waals surface area contributed by atoms with Gasteiger partial charge in [-0.05, 0) is 24.6 Å². The van der Waals surface area contributed by atoms with E-state index in [2.05, 4.69) is 0 Å².